The summed E-state index contributed by atoms with van der Waals surface area (Å²) in [5.41, 5.74) is 2.49. The van der Waals surface area contributed by atoms with Gasteiger partial charge in [0, 0.05) is 6.54 Å². The molecule has 1 atom stereocenters. The lowest BCUT2D eigenvalue weighted by Gasteiger charge is -2.30. The van der Waals surface area contributed by atoms with Crippen molar-refractivity contribution in [3.63, 3.8) is 0 Å². The van der Waals surface area contributed by atoms with E-state index in [0.717, 1.165) is 12.8 Å². The zero-order chi connectivity index (χ0) is 15.8. The van der Waals surface area contributed by atoms with E-state index in [1.54, 1.807) is 0 Å². The van der Waals surface area contributed by atoms with Crippen LogP contribution in [0.2, 0.25) is 0 Å². The molecule has 2 heteroatoms. The minimum atomic E-state index is -0.335. The van der Waals surface area contributed by atoms with E-state index >= 15 is 0 Å². The maximum absolute atomic E-state index is 10.2. The van der Waals surface area contributed by atoms with Crippen molar-refractivity contribution < 1.29 is 5.11 Å². The lowest BCUT2D eigenvalue weighted by atomic mass is 9.97. The summed E-state index contributed by atoms with van der Waals surface area (Å²) >= 11 is 0. The molecule has 2 rings (SSSR count). The van der Waals surface area contributed by atoms with Crippen molar-refractivity contribution in [2.75, 3.05) is 13.6 Å². The number of aliphatic hydroxyl groups is 1. The van der Waals surface area contributed by atoms with Gasteiger partial charge in [0.25, 0.3) is 0 Å². The lowest BCUT2D eigenvalue weighted by Crippen LogP contribution is -2.33. The Morgan fingerprint density at radius 3 is 1.95 bits per heavy atom. The molecule has 0 spiro atoms. The Labute approximate surface area is 133 Å². The Hall–Kier alpha value is -1.90. The topological polar surface area (TPSA) is 23.5 Å². The fraction of sp³-hybridized carbons (Fsp3) is 0.300. The molecule has 0 bridgehead atoms. The molecule has 0 saturated carbocycles. The Balaban J connectivity index is 2.19. The monoisotopic (exact) mass is 295 g/mol. The summed E-state index contributed by atoms with van der Waals surface area (Å²) in [6.45, 7) is 4.36. The zero-order valence-electron chi connectivity index (χ0n) is 13.2. The minimum Gasteiger partial charge on any atom is -0.392 e. The highest BCUT2D eigenvalue weighted by atomic mass is 16.3. The van der Waals surface area contributed by atoms with E-state index in [0.29, 0.717) is 6.54 Å². The Morgan fingerprint density at radius 2 is 1.50 bits per heavy atom. The quantitative estimate of drug-likeness (QED) is 0.743. The molecule has 116 valence electrons. The smallest absolute Gasteiger partial charge is 0.0670 e. The molecule has 2 nitrogen and oxygen atoms in total. The fourth-order valence-corrected chi connectivity index (χ4v) is 2.81. The van der Waals surface area contributed by atoms with Crippen molar-refractivity contribution in [2.45, 2.75) is 25.0 Å². The van der Waals surface area contributed by atoms with E-state index in [2.05, 4.69) is 67.1 Å². The summed E-state index contributed by atoms with van der Waals surface area (Å²) in [4.78, 5) is 2.22. The number of hydrogen-bond donors (Lipinski definition) is 1. The third kappa shape index (κ3) is 4.55. The van der Waals surface area contributed by atoms with Crippen LogP contribution in [0.25, 0.3) is 0 Å². The van der Waals surface area contributed by atoms with Crippen LogP contribution in [0.5, 0.6) is 0 Å². The second-order valence-electron chi connectivity index (χ2n) is 5.68. The van der Waals surface area contributed by atoms with Gasteiger partial charge in [-0.25, -0.2) is 0 Å². The van der Waals surface area contributed by atoms with Crippen molar-refractivity contribution in [3.8, 4) is 0 Å². The van der Waals surface area contributed by atoms with Gasteiger partial charge in [-0.2, -0.15) is 0 Å². The summed E-state index contributed by atoms with van der Waals surface area (Å²) in [6, 6.07) is 21.0. The molecule has 0 fully saturated rings. The highest BCUT2D eigenvalue weighted by molar-refractivity contribution is 5.31. The zero-order valence-corrected chi connectivity index (χ0v) is 13.2. The number of hydrogen-bond acceptors (Lipinski definition) is 2. The predicted molar refractivity (Wildman–Crippen MR) is 92.8 cm³/mol. The maximum atomic E-state index is 10.2. The second-order valence-corrected chi connectivity index (χ2v) is 5.68. The Kier molecular flexibility index (Phi) is 6.38. The predicted octanol–water partition coefficient (Wildman–Crippen LogP) is 4.03. The first kappa shape index (κ1) is 16.5. The first-order valence-corrected chi connectivity index (χ1v) is 7.81. The van der Waals surface area contributed by atoms with E-state index in [-0.39, 0.29) is 12.1 Å². The van der Waals surface area contributed by atoms with Crippen molar-refractivity contribution in [1.82, 2.24) is 4.90 Å². The molecule has 22 heavy (non-hydrogen) atoms. The van der Waals surface area contributed by atoms with Gasteiger partial charge in [0.05, 0.1) is 12.1 Å². The largest absolute Gasteiger partial charge is 0.392 e. The molecule has 0 heterocycles. The first-order chi connectivity index (χ1) is 10.7. The third-order valence-electron chi connectivity index (χ3n) is 3.87. The molecular weight excluding hydrogens is 270 g/mol. The Morgan fingerprint density at radius 1 is 1.00 bits per heavy atom. The number of likely N-dealkylation sites (N-methyl/N-ethyl adjacent to an activating group) is 1. The van der Waals surface area contributed by atoms with Crippen molar-refractivity contribution >= 4 is 0 Å². The van der Waals surface area contributed by atoms with E-state index < -0.39 is 0 Å². The van der Waals surface area contributed by atoms with Gasteiger partial charge in [0.1, 0.15) is 0 Å². The molecule has 0 aliphatic heterocycles. The van der Waals surface area contributed by atoms with Crippen molar-refractivity contribution in [2.24, 2.45) is 0 Å². The van der Waals surface area contributed by atoms with Gasteiger partial charge >= 0.3 is 0 Å². The van der Waals surface area contributed by atoms with Crippen LogP contribution in [0.3, 0.4) is 0 Å². The molecule has 1 N–H and O–H groups in total. The minimum absolute atomic E-state index is 0.154. The number of rotatable bonds is 8. The van der Waals surface area contributed by atoms with E-state index in [1.165, 1.54) is 11.1 Å². The molecule has 0 aromatic heterocycles. The van der Waals surface area contributed by atoms with E-state index in [9.17, 15) is 5.11 Å². The molecule has 0 aliphatic rings. The van der Waals surface area contributed by atoms with Gasteiger partial charge in [0.2, 0.25) is 0 Å². The average Bonchev–Trinajstić information content (AvgIpc) is 2.55. The van der Waals surface area contributed by atoms with Crippen molar-refractivity contribution in [1.29, 1.82) is 0 Å². The highest BCUT2D eigenvalue weighted by Crippen LogP contribution is 2.27. The van der Waals surface area contributed by atoms with Gasteiger partial charge in [-0.1, -0.05) is 66.7 Å². The molecule has 0 saturated heterocycles. The van der Waals surface area contributed by atoms with Gasteiger partial charge in [-0.15, -0.1) is 6.58 Å². The van der Waals surface area contributed by atoms with Crippen LogP contribution in [0, 0.1) is 0 Å². The number of allylic oxidation sites excluding steroid dienone is 1. The maximum Gasteiger partial charge on any atom is 0.0670 e. The molecule has 2 aromatic carbocycles. The van der Waals surface area contributed by atoms with Crippen LogP contribution in [0.15, 0.2) is 73.3 Å². The standard InChI is InChI=1S/C20H25NO/c1-3-4-15-19(22)16-21(2)20(17-11-7-5-8-12-17)18-13-9-6-10-14-18/h3,5-14,19-20,22H,1,4,15-16H2,2H3. The third-order valence-corrected chi connectivity index (χ3v) is 3.87. The molecule has 2 aromatic rings. The van der Waals surface area contributed by atoms with E-state index in [1.807, 2.05) is 18.2 Å². The van der Waals surface area contributed by atoms with Crippen LogP contribution in [-0.2, 0) is 0 Å². The summed E-state index contributed by atoms with van der Waals surface area (Å²) in [5.74, 6) is 0. The normalized spacial score (nSPS) is 12.5. The van der Waals surface area contributed by atoms with Crippen LogP contribution >= 0.6 is 0 Å². The molecule has 1 unspecified atom stereocenters. The summed E-state index contributed by atoms with van der Waals surface area (Å²) in [6.07, 6.45) is 3.12. The fourth-order valence-electron chi connectivity index (χ4n) is 2.81. The number of nitrogens with zero attached hydrogens (tertiary/aromatic N) is 1. The first-order valence-electron chi connectivity index (χ1n) is 7.81. The summed E-state index contributed by atoms with van der Waals surface area (Å²) in [7, 11) is 2.07. The average molecular weight is 295 g/mol. The van der Waals surface area contributed by atoms with Crippen LogP contribution in [0.1, 0.15) is 30.0 Å². The summed E-state index contributed by atoms with van der Waals surface area (Å²) in [5, 5.41) is 10.2. The van der Waals surface area contributed by atoms with Crippen molar-refractivity contribution in [3.05, 3.63) is 84.4 Å². The highest BCUT2D eigenvalue weighted by Gasteiger charge is 2.20. The molecular formula is C20H25NO. The van der Waals surface area contributed by atoms with Gasteiger partial charge in [0.15, 0.2) is 0 Å². The van der Waals surface area contributed by atoms with Gasteiger partial charge in [-0.05, 0) is 31.0 Å². The van der Waals surface area contributed by atoms with Crippen LogP contribution in [-0.4, -0.2) is 29.7 Å². The Bertz CT molecular complexity index is 513. The lowest BCUT2D eigenvalue weighted by molar-refractivity contribution is 0.106. The molecule has 0 aliphatic carbocycles. The second kappa shape index (κ2) is 8.52. The summed E-state index contributed by atoms with van der Waals surface area (Å²) < 4.78 is 0. The SMILES string of the molecule is C=CCCC(O)CN(C)C(c1ccccc1)c1ccccc1. The van der Waals surface area contributed by atoms with Gasteiger partial charge < -0.3 is 5.11 Å². The molecule has 0 radical (unpaired) electrons. The van der Waals surface area contributed by atoms with E-state index in [4.69, 9.17) is 0 Å². The molecule has 0 amide bonds. The van der Waals surface area contributed by atoms with Gasteiger partial charge in [-0.3, -0.25) is 4.90 Å². The van der Waals surface area contributed by atoms with Crippen LogP contribution in [0.4, 0.5) is 0 Å². The number of aliphatic hydroxyl groups excluding tert-OH is 1. The number of benzene rings is 2. The van der Waals surface area contributed by atoms with Crippen LogP contribution < -0.4 is 0 Å².